The van der Waals surface area contributed by atoms with Crippen molar-refractivity contribution in [2.45, 2.75) is 6.92 Å². The van der Waals surface area contributed by atoms with E-state index in [1.807, 2.05) is 49.4 Å². The second-order valence-electron chi connectivity index (χ2n) is 7.90. The average molecular weight is 515 g/mol. The SMILES string of the molecule is Cc1ccc(-c2nc3ccccc3s2)cc1NC(=S)NC(=O)c1ccc(-c2cccc([N+](=O)[O-])c2)o1. The Bertz CT molecular complexity index is 1610. The molecule has 36 heavy (non-hydrogen) atoms. The zero-order chi connectivity index (χ0) is 25.2. The molecule has 0 bridgehead atoms. The second-order valence-corrected chi connectivity index (χ2v) is 9.33. The summed E-state index contributed by atoms with van der Waals surface area (Å²) in [6, 6.07) is 22.9. The van der Waals surface area contributed by atoms with Crippen LogP contribution in [-0.4, -0.2) is 20.9 Å². The first-order valence-corrected chi connectivity index (χ1v) is 12.0. The van der Waals surface area contributed by atoms with Crippen molar-refractivity contribution in [3.63, 3.8) is 0 Å². The van der Waals surface area contributed by atoms with Crippen LogP contribution in [0.15, 0.2) is 83.3 Å². The van der Waals surface area contributed by atoms with E-state index in [2.05, 4.69) is 10.6 Å². The largest absolute Gasteiger partial charge is 0.451 e. The minimum absolute atomic E-state index is 0.0283. The first-order valence-electron chi connectivity index (χ1n) is 10.8. The number of amides is 1. The summed E-state index contributed by atoms with van der Waals surface area (Å²) in [5.74, 6) is -0.174. The molecule has 1 amide bonds. The van der Waals surface area contributed by atoms with E-state index in [4.69, 9.17) is 21.6 Å². The Morgan fingerprint density at radius 2 is 1.86 bits per heavy atom. The first-order chi connectivity index (χ1) is 17.4. The predicted octanol–water partition coefficient (Wildman–Crippen LogP) is 6.57. The van der Waals surface area contributed by atoms with Crippen LogP contribution in [0.3, 0.4) is 0 Å². The van der Waals surface area contributed by atoms with Gasteiger partial charge in [-0.3, -0.25) is 20.2 Å². The van der Waals surface area contributed by atoms with Crippen LogP contribution in [0.4, 0.5) is 11.4 Å². The standard InChI is InChI=1S/C26H18N4O4S2/c1-15-9-10-17(25-27-19-7-2-3-8-23(19)36-25)14-20(15)28-26(35)29-24(31)22-12-11-21(34-22)16-5-4-6-18(13-16)30(32)33/h2-14H,1H3,(H2,28,29,31,35). The second kappa shape index (κ2) is 9.68. The number of aromatic nitrogens is 1. The molecule has 0 radical (unpaired) electrons. The molecule has 2 N–H and O–H groups in total. The number of carbonyl (C=O) groups is 1. The summed E-state index contributed by atoms with van der Waals surface area (Å²) in [4.78, 5) is 27.9. The molecule has 0 unspecified atom stereocenters. The quantitative estimate of drug-likeness (QED) is 0.155. The monoisotopic (exact) mass is 514 g/mol. The maximum atomic E-state index is 12.7. The third-order valence-corrected chi connectivity index (χ3v) is 6.71. The van der Waals surface area contributed by atoms with E-state index in [0.29, 0.717) is 11.3 Å². The van der Waals surface area contributed by atoms with Gasteiger partial charge in [0.1, 0.15) is 10.8 Å². The highest BCUT2D eigenvalue weighted by Gasteiger charge is 2.16. The van der Waals surface area contributed by atoms with E-state index >= 15 is 0 Å². The number of thiocarbonyl (C=S) groups is 1. The Hall–Kier alpha value is -4.41. The van der Waals surface area contributed by atoms with Crippen LogP contribution < -0.4 is 10.6 Å². The van der Waals surface area contributed by atoms with Gasteiger partial charge in [-0.25, -0.2) is 4.98 Å². The summed E-state index contributed by atoms with van der Waals surface area (Å²) in [5, 5.41) is 17.7. The highest BCUT2D eigenvalue weighted by atomic mass is 32.1. The third kappa shape index (κ3) is 4.85. The number of hydrogen-bond donors (Lipinski definition) is 2. The molecule has 0 aliphatic rings. The number of rotatable bonds is 5. The van der Waals surface area contributed by atoms with Crippen molar-refractivity contribution in [1.82, 2.24) is 10.3 Å². The van der Waals surface area contributed by atoms with Crippen molar-refractivity contribution < 1.29 is 14.1 Å². The summed E-state index contributed by atoms with van der Waals surface area (Å²) in [6.45, 7) is 1.94. The molecule has 0 aliphatic carbocycles. The number of nitro benzene ring substituents is 1. The zero-order valence-electron chi connectivity index (χ0n) is 18.8. The van der Waals surface area contributed by atoms with E-state index in [1.54, 1.807) is 29.5 Å². The molecule has 178 valence electrons. The fraction of sp³-hybridized carbons (Fsp3) is 0.0385. The summed E-state index contributed by atoms with van der Waals surface area (Å²) >= 11 is 6.96. The minimum Gasteiger partial charge on any atom is -0.451 e. The molecule has 5 rings (SSSR count). The van der Waals surface area contributed by atoms with Crippen molar-refractivity contribution >= 4 is 56.2 Å². The minimum atomic E-state index is -0.538. The number of carbonyl (C=O) groups excluding carboxylic acids is 1. The molecule has 0 aliphatic heterocycles. The fourth-order valence-corrected chi connectivity index (χ4v) is 4.76. The number of non-ortho nitro benzene ring substituents is 1. The molecule has 5 aromatic rings. The lowest BCUT2D eigenvalue weighted by molar-refractivity contribution is -0.384. The Kier molecular flexibility index (Phi) is 6.28. The number of anilines is 1. The van der Waals surface area contributed by atoms with Gasteiger partial charge in [0.15, 0.2) is 10.9 Å². The van der Waals surface area contributed by atoms with Gasteiger partial charge in [-0.2, -0.15) is 0 Å². The molecule has 0 saturated carbocycles. The zero-order valence-corrected chi connectivity index (χ0v) is 20.5. The average Bonchev–Trinajstić information content (AvgIpc) is 3.53. The number of furan rings is 1. The molecule has 8 nitrogen and oxygen atoms in total. The third-order valence-electron chi connectivity index (χ3n) is 5.42. The van der Waals surface area contributed by atoms with Gasteiger partial charge in [0.05, 0.1) is 15.1 Å². The van der Waals surface area contributed by atoms with E-state index in [-0.39, 0.29) is 16.6 Å². The lowest BCUT2D eigenvalue weighted by atomic mass is 10.1. The number of fused-ring (bicyclic) bond motifs is 1. The molecule has 0 fully saturated rings. The van der Waals surface area contributed by atoms with Crippen LogP contribution >= 0.6 is 23.6 Å². The number of benzene rings is 3. The summed E-state index contributed by atoms with van der Waals surface area (Å²) in [7, 11) is 0. The van der Waals surface area contributed by atoms with E-state index in [9.17, 15) is 14.9 Å². The van der Waals surface area contributed by atoms with Crippen LogP contribution in [0.25, 0.3) is 32.1 Å². The number of nitrogens with zero attached hydrogens (tertiary/aromatic N) is 2. The maximum Gasteiger partial charge on any atom is 0.293 e. The van der Waals surface area contributed by atoms with E-state index in [1.165, 1.54) is 18.2 Å². The Morgan fingerprint density at radius 1 is 1.03 bits per heavy atom. The molecular formula is C26H18N4O4S2. The van der Waals surface area contributed by atoms with Crippen LogP contribution in [-0.2, 0) is 0 Å². The number of nitrogens with one attached hydrogen (secondary N) is 2. The van der Waals surface area contributed by atoms with E-state index in [0.717, 1.165) is 32.0 Å². The molecule has 0 spiro atoms. The van der Waals surface area contributed by atoms with Crippen LogP contribution in [0.5, 0.6) is 0 Å². The topological polar surface area (TPSA) is 110 Å². The van der Waals surface area contributed by atoms with Gasteiger partial charge in [-0.05, 0) is 55.0 Å². The number of aryl methyl sites for hydroxylation is 1. The van der Waals surface area contributed by atoms with Crippen molar-refractivity contribution in [3.8, 4) is 21.9 Å². The molecule has 2 aromatic heterocycles. The predicted molar refractivity (Wildman–Crippen MR) is 144 cm³/mol. The molecule has 2 heterocycles. The normalized spacial score (nSPS) is 10.8. The van der Waals surface area contributed by atoms with Crippen LogP contribution in [0, 0.1) is 17.0 Å². The summed E-state index contributed by atoms with van der Waals surface area (Å²) < 4.78 is 6.72. The highest BCUT2D eigenvalue weighted by molar-refractivity contribution is 7.80. The summed E-state index contributed by atoms with van der Waals surface area (Å²) in [6.07, 6.45) is 0. The van der Waals surface area contributed by atoms with Crippen molar-refractivity contribution in [3.05, 3.63) is 100 Å². The fourth-order valence-electron chi connectivity index (χ4n) is 3.59. The number of hydrogen-bond acceptors (Lipinski definition) is 7. The molecule has 10 heteroatoms. The van der Waals surface area contributed by atoms with Gasteiger partial charge in [0, 0.05) is 28.9 Å². The molecule has 3 aromatic carbocycles. The number of para-hydroxylation sites is 1. The maximum absolute atomic E-state index is 12.7. The Labute approximate surface area is 214 Å². The smallest absolute Gasteiger partial charge is 0.293 e. The van der Waals surface area contributed by atoms with Crippen LogP contribution in [0.1, 0.15) is 16.1 Å². The van der Waals surface area contributed by atoms with Gasteiger partial charge in [-0.15, -0.1) is 11.3 Å². The first kappa shape index (κ1) is 23.3. The van der Waals surface area contributed by atoms with Gasteiger partial charge < -0.3 is 9.73 Å². The lowest BCUT2D eigenvalue weighted by Gasteiger charge is -2.12. The Morgan fingerprint density at radius 3 is 2.67 bits per heavy atom. The lowest BCUT2D eigenvalue weighted by Crippen LogP contribution is -2.34. The number of nitro groups is 1. The number of thiazole rings is 1. The summed E-state index contributed by atoms with van der Waals surface area (Å²) in [5.41, 5.74) is 4.00. The van der Waals surface area contributed by atoms with Crippen LogP contribution in [0.2, 0.25) is 0 Å². The molecule has 0 saturated heterocycles. The van der Waals surface area contributed by atoms with E-state index < -0.39 is 10.8 Å². The van der Waals surface area contributed by atoms with Gasteiger partial charge in [-0.1, -0.05) is 36.4 Å². The van der Waals surface area contributed by atoms with Gasteiger partial charge in [0.2, 0.25) is 0 Å². The van der Waals surface area contributed by atoms with Gasteiger partial charge >= 0.3 is 0 Å². The van der Waals surface area contributed by atoms with Crippen molar-refractivity contribution in [2.24, 2.45) is 0 Å². The molecule has 0 atom stereocenters. The van der Waals surface area contributed by atoms with Crippen molar-refractivity contribution in [1.29, 1.82) is 0 Å². The van der Waals surface area contributed by atoms with Gasteiger partial charge in [0.25, 0.3) is 11.6 Å². The van der Waals surface area contributed by atoms with Crippen molar-refractivity contribution in [2.75, 3.05) is 5.32 Å². The highest BCUT2D eigenvalue weighted by Crippen LogP contribution is 2.32. The Balaban J connectivity index is 1.29. The molecular weight excluding hydrogens is 496 g/mol.